The average molecular weight is 445 g/mol. The highest BCUT2D eigenvalue weighted by Crippen LogP contribution is 2.17. The summed E-state index contributed by atoms with van der Waals surface area (Å²) in [6.07, 6.45) is 0.876. The molecule has 31 heavy (non-hydrogen) atoms. The Balaban J connectivity index is 2.04. The molecule has 6 heteroatoms. The van der Waals surface area contributed by atoms with Crippen molar-refractivity contribution in [3.63, 3.8) is 0 Å². The van der Waals surface area contributed by atoms with Crippen molar-refractivity contribution in [3.8, 4) is 0 Å². The summed E-state index contributed by atoms with van der Waals surface area (Å²) >= 11 is 1.70. The fraction of sp³-hybridized carbons (Fsp3) is 0.440. The third kappa shape index (κ3) is 8.74. The summed E-state index contributed by atoms with van der Waals surface area (Å²) in [7, 11) is 0. The number of hydrogen-bond acceptors (Lipinski definition) is 3. The van der Waals surface area contributed by atoms with Crippen molar-refractivity contribution in [2.45, 2.75) is 52.0 Å². The maximum absolute atomic E-state index is 13.3. The Morgan fingerprint density at radius 3 is 2.32 bits per heavy atom. The maximum Gasteiger partial charge on any atom is 0.242 e. The molecule has 0 fully saturated rings. The van der Waals surface area contributed by atoms with Crippen molar-refractivity contribution in [1.82, 2.24) is 10.2 Å². The van der Waals surface area contributed by atoms with Crippen LogP contribution in [0, 0.1) is 11.7 Å². The van der Waals surface area contributed by atoms with Crippen LogP contribution < -0.4 is 5.32 Å². The van der Waals surface area contributed by atoms with E-state index in [1.54, 1.807) is 28.8 Å². The molecule has 2 aromatic rings. The average Bonchev–Trinajstić information content (AvgIpc) is 2.77. The van der Waals surface area contributed by atoms with E-state index in [4.69, 9.17) is 0 Å². The van der Waals surface area contributed by atoms with E-state index in [9.17, 15) is 14.0 Å². The van der Waals surface area contributed by atoms with Gasteiger partial charge in [-0.15, -0.1) is 0 Å². The number of hydrogen-bond donors (Lipinski definition) is 1. The lowest BCUT2D eigenvalue weighted by molar-refractivity contribution is -0.141. The number of rotatable bonds is 12. The molecule has 2 rings (SSSR count). The molecule has 1 atom stereocenters. The van der Waals surface area contributed by atoms with E-state index in [1.165, 1.54) is 17.7 Å². The van der Waals surface area contributed by atoms with Crippen LogP contribution in [0.5, 0.6) is 0 Å². The van der Waals surface area contributed by atoms with Gasteiger partial charge in [-0.05, 0) is 35.6 Å². The molecule has 2 amide bonds. The van der Waals surface area contributed by atoms with E-state index in [0.717, 1.165) is 11.3 Å². The zero-order valence-electron chi connectivity index (χ0n) is 18.6. The molecule has 0 saturated heterocycles. The highest BCUT2D eigenvalue weighted by atomic mass is 32.2. The van der Waals surface area contributed by atoms with Crippen LogP contribution in [0.1, 0.15) is 44.7 Å². The minimum absolute atomic E-state index is 0.0589. The van der Waals surface area contributed by atoms with Crippen LogP contribution in [0.15, 0.2) is 54.6 Å². The number of halogens is 1. The minimum atomic E-state index is -0.546. The Morgan fingerprint density at radius 2 is 1.71 bits per heavy atom. The Hall–Kier alpha value is -2.34. The molecule has 4 nitrogen and oxygen atoms in total. The fourth-order valence-electron chi connectivity index (χ4n) is 3.20. The number of nitrogens with one attached hydrogen (secondary N) is 1. The second-order valence-electron chi connectivity index (χ2n) is 8.00. The van der Waals surface area contributed by atoms with Gasteiger partial charge in [0.05, 0.1) is 0 Å². The van der Waals surface area contributed by atoms with Gasteiger partial charge in [0.15, 0.2) is 0 Å². The number of nitrogens with zero attached hydrogens (tertiary/aromatic N) is 1. The Bertz CT molecular complexity index is 812. The minimum Gasteiger partial charge on any atom is -0.354 e. The van der Waals surface area contributed by atoms with Crippen molar-refractivity contribution in [2.75, 3.05) is 12.3 Å². The van der Waals surface area contributed by atoms with Crippen molar-refractivity contribution in [1.29, 1.82) is 0 Å². The van der Waals surface area contributed by atoms with Gasteiger partial charge in [-0.2, -0.15) is 11.8 Å². The Labute approximate surface area is 189 Å². The largest absolute Gasteiger partial charge is 0.354 e. The molecule has 0 aliphatic heterocycles. The van der Waals surface area contributed by atoms with Gasteiger partial charge in [0, 0.05) is 31.0 Å². The van der Waals surface area contributed by atoms with Gasteiger partial charge in [-0.1, -0.05) is 63.2 Å². The lowest BCUT2D eigenvalue weighted by Crippen LogP contribution is -2.49. The molecule has 0 heterocycles. The second-order valence-corrected chi connectivity index (χ2v) is 9.10. The Morgan fingerprint density at radius 1 is 1.03 bits per heavy atom. The van der Waals surface area contributed by atoms with Gasteiger partial charge in [-0.3, -0.25) is 9.59 Å². The number of carbonyl (C=O) groups excluding carboxylic acids is 2. The summed E-state index contributed by atoms with van der Waals surface area (Å²) < 4.78 is 13.3. The quantitative estimate of drug-likeness (QED) is 0.467. The van der Waals surface area contributed by atoms with Gasteiger partial charge in [0.25, 0.3) is 0 Å². The topological polar surface area (TPSA) is 49.4 Å². The van der Waals surface area contributed by atoms with Crippen molar-refractivity contribution < 1.29 is 14.0 Å². The van der Waals surface area contributed by atoms with Crippen LogP contribution in [0.3, 0.4) is 0 Å². The molecule has 0 aliphatic carbocycles. The highest BCUT2D eigenvalue weighted by molar-refractivity contribution is 7.98. The lowest BCUT2D eigenvalue weighted by Gasteiger charge is -2.31. The Kier molecular flexibility index (Phi) is 10.6. The SMILES string of the molecule is CCC(C(=O)NCC(C)C)N(Cc1ccc(F)cc1)C(=O)CCSCc1ccccc1. The van der Waals surface area contributed by atoms with Crippen LogP contribution in [-0.4, -0.2) is 35.1 Å². The van der Waals surface area contributed by atoms with Gasteiger partial charge >= 0.3 is 0 Å². The molecule has 2 aromatic carbocycles. The summed E-state index contributed by atoms with van der Waals surface area (Å²) in [4.78, 5) is 27.6. The first kappa shape index (κ1) is 24.9. The maximum atomic E-state index is 13.3. The van der Waals surface area contributed by atoms with Gasteiger partial charge < -0.3 is 10.2 Å². The smallest absolute Gasteiger partial charge is 0.242 e. The van der Waals surface area contributed by atoms with Crippen LogP contribution in [0.25, 0.3) is 0 Å². The molecule has 168 valence electrons. The molecular weight excluding hydrogens is 411 g/mol. The van der Waals surface area contributed by atoms with E-state index in [1.807, 2.05) is 39.0 Å². The van der Waals surface area contributed by atoms with Gasteiger partial charge in [0.2, 0.25) is 11.8 Å². The number of carbonyl (C=O) groups is 2. The third-order valence-corrected chi connectivity index (χ3v) is 5.94. The summed E-state index contributed by atoms with van der Waals surface area (Å²) in [6, 6.07) is 15.7. The lowest BCUT2D eigenvalue weighted by atomic mass is 10.1. The second kappa shape index (κ2) is 13.2. The van der Waals surface area contributed by atoms with Crippen molar-refractivity contribution in [3.05, 3.63) is 71.5 Å². The van der Waals surface area contributed by atoms with E-state index in [0.29, 0.717) is 31.1 Å². The molecule has 0 bridgehead atoms. The van der Waals surface area contributed by atoms with Crippen LogP contribution >= 0.6 is 11.8 Å². The van der Waals surface area contributed by atoms with E-state index < -0.39 is 6.04 Å². The summed E-state index contributed by atoms with van der Waals surface area (Å²) in [5, 5.41) is 2.95. The summed E-state index contributed by atoms with van der Waals surface area (Å²) in [6.45, 7) is 6.84. The summed E-state index contributed by atoms with van der Waals surface area (Å²) in [5.41, 5.74) is 2.03. The normalized spacial score (nSPS) is 11.9. The number of thioether (sulfide) groups is 1. The standard InChI is InChI=1S/C25H33FN2O2S/c1-4-23(25(30)27-16-19(2)3)28(17-20-10-12-22(26)13-11-20)24(29)14-15-31-18-21-8-6-5-7-9-21/h5-13,19,23H,4,14-18H2,1-3H3,(H,27,30). The molecule has 1 N–H and O–H groups in total. The molecule has 0 aromatic heterocycles. The number of amides is 2. The van der Waals surface area contributed by atoms with Crippen molar-refractivity contribution in [2.24, 2.45) is 5.92 Å². The van der Waals surface area contributed by atoms with Crippen LogP contribution in [-0.2, 0) is 21.9 Å². The zero-order valence-corrected chi connectivity index (χ0v) is 19.5. The van der Waals surface area contributed by atoms with Crippen LogP contribution in [0.2, 0.25) is 0 Å². The first-order valence-corrected chi connectivity index (χ1v) is 12.0. The van der Waals surface area contributed by atoms with E-state index >= 15 is 0 Å². The monoisotopic (exact) mass is 444 g/mol. The molecule has 0 radical (unpaired) electrons. The predicted molar refractivity (Wildman–Crippen MR) is 126 cm³/mol. The van der Waals surface area contributed by atoms with Crippen LogP contribution in [0.4, 0.5) is 4.39 Å². The molecule has 0 spiro atoms. The molecule has 0 saturated carbocycles. The number of benzene rings is 2. The third-order valence-electron chi connectivity index (χ3n) is 4.91. The van der Waals surface area contributed by atoms with Crippen molar-refractivity contribution >= 4 is 23.6 Å². The summed E-state index contributed by atoms with van der Waals surface area (Å²) in [5.74, 6) is 1.34. The highest BCUT2D eigenvalue weighted by Gasteiger charge is 2.28. The first-order valence-electron chi connectivity index (χ1n) is 10.8. The predicted octanol–water partition coefficient (Wildman–Crippen LogP) is 5.03. The fourth-order valence-corrected chi connectivity index (χ4v) is 4.09. The van der Waals surface area contributed by atoms with Gasteiger partial charge in [-0.25, -0.2) is 4.39 Å². The zero-order chi connectivity index (χ0) is 22.6. The molecule has 1 unspecified atom stereocenters. The van der Waals surface area contributed by atoms with Gasteiger partial charge in [0.1, 0.15) is 11.9 Å². The molecular formula is C25H33FN2O2S. The first-order chi connectivity index (χ1) is 14.9. The van der Waals surface area contributed by atoms with E-state index in [-0.39, 0.29) is 24.2 Å². The van der Waals surface area contributed by atoms with E-state index in [2.05, 4.69) is 17.4 Å². The molecule has 0 aliphatic rings.